The first-order valence-corrected chi connectivity index (χ1v) is 4.63. The van der Waals surface area contributed by atoms with Crippen LogP contribution in [0.25, 0.3) is 0 Å². The van der Waals surface area contributed by atoms with Gasteiger partial charge in [-0.25, -0.2) is 0 Å². The number of anilines is 2. The van der Waals surface area contributed by atoms with Crippen LogP contribution in [-0.2, 0) is 6.42 Å². The van der Waals surface area contributed by atoms with Crippen LogP contribution in [0.3, 0.4) is 0 Å². The third kappa shape index (κ3) is 2.95. The van der Waals surface area contributed by atoms with Crippen molar-refractivity contribution in [2.24, 2.45) is 5.84 Å². The maximum Gasteiger partial charge on any atom is 0.0718 e. The average Bonchev–Trinajstić information content (AvgIpc) is 2.21. The molecule has 0 spiro atoms. The number of rotatable bonds is 2. The molecule has 0 saturated carbocycles. The van der Waals surface area contributed by atoms with Crippen LogP contribution < -0.4 is 17.0 Å². The largest absolute Gasteiger partial charge is 0.397 e. The Morgan fingerprint density at radius 3 is 2.38 bits per heavy atom. The number of hydrazine groups is 1. The van der Waals surface area contributed by atoms with E-state index in [0.29, 0.717) is 0 Å². The normalized spacial score (nSPS) is 8.62. The Morgan fingerprint density at radius 1 is 1.31 bits per heavy atom. The SMILES string of the molecule is CC.CCc1cccc(NN)c1N. The molecule has 0 aliphatic carbocycles. The third-order valence-corrected chi connectivity index (χ3v) is 1.73. The average molecular weight is 181 g/mol. The summed E-state index contributed by atoms with van der Waals surface area (Å²) in [5.41, 5.74) is 11.0. The summed E-state index contributed by atoms with van der Waals surface area (Å²) in [6.07, 6.45) is 0.932. The molecule has 0 saturated heterocycles. The predicted molar refractivity (Wildman–Crippen MR) is 59.4 cm³/mol. The highest BCUT2D eigenvalue weighted by Gasteiger charge is 1.99. The first-order valence-electron chi connectivity index (χ1n) is 4.63. The molecule has 0 fully saturated rings. The number of hydrogen-bond acceptors (Lipinski definition) is 3. The molecule has 0 heterocycles. The minimum Gasteiger partial charge on any atom is -0.397 e. The number of hydrogen-bond donors (Lipinski definition) is 3. The smallest absolute Gasteiger partial charge is 0.0718 e. The van der Waals surface area contributed by atoms with E-state index in [2.05, 4.69) is 12.3 Å². The summed E-state index contributed by atoms with van der Waals surface area (Å²) in [6, 6.07) is 5.79. The standard InChI is InChI=1S/C8H13N3.C2H6/c1-2-6-4-3-5-7(11-10)8(6)9;1-2/h3-5,11H,2,9-10H2,1H3;1-2H3. The molecule has 5 N–H and O–H groups in total. The zero-order valence-electron chi connectivity index (χ0n) is 8.59. The number of nitrogens with one attached hydrogen (secondary N) is 1. The summed E-state index contributed by atoms with van der Waals surface area (Å²) in [5, 5.41) is 0. The molecule has 0 aromatic heterocycles. The van der Waals surface area contributed by atoms with Gasteiger partial charge < -0.3 is 11.2 Å². The van der Waals surface area contributed by atoms with E-state index in [0.717, 1.165) is 23.4 Å². The van der Waals surface area contributed by atoms with E-state index in [9.17, 15) is 0 Å². The van der Waals surface area contributed by atoms with Crippen LogP contribution in [0.15, 0.2) is 18.2 Å². The lowest BCUT2D eigenvalue weighted by molar-refractivity contribution is 1.14. The molecule has 0 radical (unpaired) electrons. The summed E-state index contributed by atoms with van der Waals surface area (Å²) >= 11 is 0. The molecule has 3 heteroatoms. The molecule has 1 rings (SSSR count). The maximum absolute atomic E-state index is 5.76. The molecular formula is C10H19N3. The molecule has 3 nitrogen and oxygen atoms in total. The fourth-order valence-corrected chi connectivity index (χ4v) is 1.05. The van der Waals surface area contributed by atoms with Crippen molar-refractivity contribution in [3.05, 3.63) is 23.8 Å². The predicted octanol–water partition coefficient (Wildman–Crippen LogP) is 2.14. The minimum atomic E-state index is 0.748. The topological polar surface area (TPSA) is 64.1 Å². The van der Waals surface area contributed by atoms with E-state index >= 15 is 0 Å². The number of nitrogens with two attached hydrogens (primary N) is 2. The van der Waals surface area contributed by atoms with Crippen molar-refractivity contribution in [2.45, 2.75) is 27.2 Å². The summed E-state index contributed by atoms with van der Waals surface area (Å²) < 4.78 is 0. The van der Waals surface area contributed by atoms with E-state index < -0.39 is 0 Å². The quantitative estimate of drug-likeness (QED) is 0.372. The van der Waals surface area contributed by atoms with Gasteiger partial charge in [0.05, 0.1) is 11.4 Å². The van der Waals surface area contributed by atoms with E-state index in [1.807, 2.05) is 32.0 Å². The van der Waals surface area contributed by atoms with E-state index in [-0.39, 0.29) is 0 Å². The highest BCUT2D eigenvalue weighted by Crippen LogP contribution is 2.21. The third-order valence-electron chi connectivity index (χ3n) is 1.73. The van der Waals surface area contributed by atoms with Gasteiger partial charge in [-0.05, 0) is 18.1 Å². The fraction of sp³-hybridized carbons (Fsp3) is 0.400. The van der Waals surface area contributed by atoms with E-state index in [4.69, 9.17) is 11.6 Å². The molecule has 1 aromatic carbocycles. The van der Waals surface area contributed by atoms with Crippen molar-refractivity contribution >= 4 is 11.4 Å². The number of nitrogen functional groups attached to an aromatic ring is 2. The van der Waals surface area contributed by atoms with Crippen LogP contribution in [0, 0.1) is 0 Å². The van der Waals surface area contributed by atoms with Gasteiger partial charge in [0, 0.05) is 0 Å². The summed E-state index contributed by atoms with van der Waals surface area (Å²) in [4.78, 5) is 0. The lowest BCUT2D eigenvalue weighted by Crippen LogP contribution is -2.09. The molecule has 0 aliphatic heterocycles. The first kappa shape index (κ1) is 11.8. The molecule has 13 heavy (non-hydrogen) atoms. The Morgan fingerprint density at radius 2 is 1.92 bits per heavy atom. The Labute approximate surface area is 80.1 Å². The summed E-state index contributed by atoms with van der Waals surface area (Å²) in [5.74, 6) is 5.24. The highest BCUT2D eigenvalue weighted by molar-refractivity contribution is 5.69. The Hall–Kier alpha value is -1.22. The second-order valence-corrected chi connectivity index (χ2v) is 2.38. The van der Waals surface area contributed by atoms with Crippen molar-refractivity contribution in [2.75, 3.05) is 11.2 Å². The number of para-hydroxylation sites is 1. The second-order valence-electron chi connectivity index (χ2n) is 2.38. The van der Waals surface area contributed by atoms with E-state index in [1.54, 1.807) is 0 Å². The van der Waals surface area contributed by atoms with Gasteiger partial charge in [0.15, 0.2) is 0 Å². The van der Waals surface area contributed by atoms with Crippen molar-refractivity contribution in [1.29, 1.82) is 0 Å². The Balaban J connectivity index is 0.000000671. The zero-order chi connectivity index (χ0) is 10.3. The van der Waals surface area contributed by atoms with Crippen LogP contribution in [0.2, 0.25) is 0 Å². The van der Waals surface area contributed by atoms with Crippen molar-refractivity contribution < 1.29 is 0 Å². The van der Waals surface area contributed by atoms with Crippen LogP contribution in [0.5, 0.6) is 0 Å². The number of aryl methyl sites for hydroxylation is 1. The van der Waals surface area contributed by atoms with Crippen molar-refractivity contribution in [3.8, 4) is 0 Å². The van der Waals surface area contributed by atoms with Gasteiger partial charge in [-0.15, -0.1) is 0 Å². The van der Waals surface area contributed by atoms with Gasteiger partial charge in [-0.2, -0.15) is 0 Å². The van der Waals surface area contributed by atoms with Gasteiger partial charge in [-0.1, -0.05) is 32.9 Å². The molecule has 0 bridgehead atoms. The molecule has 74 valence electrons. The second kappa shape index (κ2) is 6.31. The van der Waals surface area contributed by atoms with Crippen LogP contribution in [0.1, 0.15) is 26.3 Å². The van der Waals surface area contributed by atoms with Crippen molar-refractivity contribution in [3.63, 3.8) is 0 Å². The van der Waals surface area contributed by atoms with Crippen molar-refractivity contribution in [1.82, 2.24) is 0 Å². The summed E-state index contributed by atoms with van der Waals surface area (Å²) in [7, 11) is 0. The van der Waals surface area contributed by atoms with Crippen LogP contribution in [0.4, 0.5) is 11.4 Å². The molecule has 0 amide bonds. The maximum atomic E-state index is 5.76. The van der Waals surface area contributed by atoms with E-state index in [1.165, 1.54) is 0 Å². The fourth-order valence-electron chi connectivity index (χ4n) is 1.05. The van der Waals surface area contributed by atoms with Gasteiger partial charge in [0.25, 0.3) is 0 Å². The lowest BCUT2D eigenvalue weighted by Gasteiger charge is -2.07. The first-order chi connectivity index (χ1) is 6.29. The van der Waals surface area contributed by atoms with Gasteiger partial charge in [0.2, 0.25) is 0 Å². The monoisotopic (exact) mass is 181 g/mol. The lowest BCUT2D eigenvalue weighted by atomic mass is 10.1. The molecule has 0 aliphatic rings. The Bertz CT molecular complexity index is 224. The molecule has 0 atom stereocenters. The highest BCUT2D eigenvalue weighted by atomic mass is 15.2. The molecule has 0 unspecified atom stereocenters. The molecule has 1 aromatic rings. The van der Waals surface area contributed by atoms with Gasteiger partial charge in [-0.3, -0.25) is 5.84 Å². The Kier molecular flexibility index (Phi) is 5.72. The van der Waals surface area contributed by atoms with Crippen LogP contribution >= 0.6 is 0 Å². The number of benzene rings is 1. The minimum absolute atomic E-state index is 0.748. The zero-order valence-corrected chi connectivity index (χ0v) is 8.59. The van der Waals surface area contributed by atoms with Gasteiger partial charge >= 0.3 is 0 Å². The molecular weight excluding hydrogens is 162 g/mol. The van der Waals surface area contributed by atoms with Crippen LogP contribution in [-0.4, -0.2) is 0 Å². The van der Waals surface area contributed by atoms with Gasteiger partial charge in [0.1, 0.15) is 0 Å². The summed E-state index contributed by atoms with van der Waals surface area (Å²) in [6.45, 7) is 6.06.